The van der Waals surface area contributed by atoms with Gasteiger partial charge in [0.05, 0.1) is 0 Å². The molecule has 1 aliphatic rings. The Bertz CT molecular complexity index is 683. The Morgan fingerprint density at radius 2 is 1.81 bits per heavy atom. The van der Waals surface area contributed by atoms with Crippen LogP contribution in [0.3, 0.4) is 0 Å². The largest absolute Gasteiger partial charge is 0.353 e. The van der Waals surface area contributed by atoms with Crippen molar-refractivity contribution < 1.29 is 13.2 Å². The van der Waals surface area contributed by atoms with Crippen LogP contribution in [0.4, 0.5) is 0 Å². The lowest BCUT2D eigenvalue weighted by molar-refractivity contribution is -0.119. The summed E-state index contributed by atoms with van der Waals surface area (Å²) in [6, 6.07) is 7.96. The average Bonchev–Trinajstić information content (AvgIpc) is 2.55. The maximum atomic E-state index is 12.2. The number of sulfonamides is 1. The van der Waals surface area contributed by atoms with Gasteiger partial charge >= 0.3 is 0 Å². The van der Waals surface area contributed by atoms with Crippen molar-refractivity contribution in [1.29, 1.82) is 0 Å². The predicted molar refractivity (Wildman–Crippen MR) is 108 cm³/mol. The van der Waals surface area contributed by atoms with Crippen molar-refractivity contribution in [3.8, 4) is 0 Å². The highest BCUT2D eigenvalue weighted by atomic mass is 79.9. The topological polar surface area (TPSA) is 75.3 Å². The number of aryl methyl sites for hydroxylation is 1. The number of carbonyl (C=O) groups excluding carboxylic acids is 1. The van der Waals surface area contributed by atoms with E-state index >= 15 is 0 Å². The van der Waals surface area contributed by atoms with Gasteiger partial charge in [0.2, 0.25) is 15.9 Å². The van der Waals surface area contributed by atoms with Crippen molar-refractivity contribution in [2.24, 2.45) is 5.92 Å². The van der Waals surface area contributed by atoms with Crippen molar-refractivity contribution in [2.45, 2.75) is 64.5 Å². The van der Waals surface area contributed by atoms with Crippen LogP contribution in [0.5, 0.6) is 0 Å². The first-order valence-corrected chi connectivity index (χ1v) is 11.7. The van der Waals surface area contributed by atoms with E-state index in [0.717, 1.165) is 43.0 Å². The third-order valence-corrected chi connectivity index (χ3v) is 6.73. The number of hydrogen-bond donors (Lipinski definition) is 2. The SMILES string of the molecule is CC1CCC(NS(=O)(=O)CC(=O)NC(C)CCc2ccc(Br)cc2)CC1. The Morgan fingerprint density at radius 1 is 1.19 bits per heavy atom. The molecular formula is C19H29BrN2O3S. The van der Waals surface area contributed by atoms with E-state index in [1.807, 2.05) is 31.2 Å². The summed E-state index contributed by atoms with van der Waals surface area (Å²) in [4.78, 5) is 12.1. The smallest absolute Gasteiger partial charge is 0.236 e. The highest BCUT2D eigenvalue weighted by Crippen LogP contribution is 2.23. The van der Waals surface area contributed by atoms with E-state index in [2.05, 4.69) is 32.9 Å². The molecule has 7 heteroatoms. The zero-order valence-corrected chi connectivity index (χ0v) is 17.9. The molecule has 146 valence electrons. The Labute approximate surface area is 165 Å². The van der Waals surface area contributed by atoms with E-state index in [-0.39, 0.29) is 12.1 Å². The molecule has 5 nitrogen and oxygen atoms in total. The Morgan fingerprint density at radius 3 is 2.42 bits per heavy atom. The van der Waals surface area contributed by atoms with Gasteiger partial charge in [0.1, 0.15) is 5.75 Å². The lowest BCUT2D eigenvalue weighted by Crippen LogP contribution is -2.44. The summed E-state index contributed by atoms with van der Waals surface area (Å²) in [7, 11) is -3.58. The summed E-state index contributed by atoms with van der Waals surface area (Å²) >= 11 is 3.40. The first-order valence-electron chi connectivity index (χ1n) is 9.27. The fraction of sp³-hybridized carbons (Fsp3) is 0.632. The standard InChI is InChI=1S/C19H29BrN2O3S/c1-14-3-11-18(12-4-14)22-26(24,25)13-19(23)21-15(2)5-6-16-7-9-17(20)10-8-16/h7-10,14-15,18,22H,3-6,11-13H2,1-2H3,(H,21,23). The van der Waals surface area contributed by atoms with Gasteiger partial charge in [-0.2, -0.15) is 0 Å². The van der Waals surface area contributed by atoms with Crippen LogP contribution in [0.25, 0.3) is 0 Å². The molecule has 0 bridgehead atoms. The molecule has 1 fully saturated rings. The number of carbonyl (C=O) groups is 1. The lowest BCUT2D eigenvalue weighted by Gasteiger charge is -2.26. The Balaban J connectivity index is 1.73. The van der Waals surface area contributed by atoms with Gasteiger partial charge in [-0.1, -0.05) is 35.0 Å². The molecule has 1 aromatic rings. The zero-order valence-electron chi connectivity index (χ0n) is 15.5. The van der Waals surface area contributed by atoms with Crippen molar-refractivity contribution >= 4 is 31.9 Å². The molecule has 0 radical (unpaired) electrons. The molecule has 0 aromatic heterocycles. The predicted octanol–water partition coefficient (Wildman–Crippen LogP) is 3.38. The van der Waals surface area contributed by atoms with Crippen LogP contribution in [0.1, 0.15) is 51.5 Å². The number of nitrogens with one attached hydrogen (secondary N) is 2. The van der Waals surface area contributed by atoms with E-state index in [0.29, 0.717) is 5.92 Å². The summed E-state index contributed by atoms with van der Waals surface area (Å²) in [5.41, 5.74) is 1.19. The van der Waals surface area contributed by atoms with E-state index < -0.39 is 21.7 Å². The summed E-state index contributed by atoms with van der Waals surface area (Å²) in [5.74, 6) is -0.280. The van der Waals surface area contributed by atoms with E-state index in [1.54, 1.807) is 0 Å². The number of halogens is 1. The van der Waals surface area contributed by atoms with Gasteiger partial charge in [-0.05, 0) is 69.1 Å². The van der Waals surface area contributed by atoms with Crippen molar-refractivity contribution in [2.75, 3.05) is 5.75 Å². The molecule has 0 saturated heterocycles. The minimum absolute atomic E-state index is 0.0289. The van der Waals surface area contributed by atoms with Gasteiger partial charge in [0.25, 0.3) is 0 Å². The van der Waals surface area contributed by atoms with E-state index in [4.69, 9.17) is 0 Å². The number of amides is 1. The Hall–Kier alpha value is -0.920. The third-order valence-electron chi connectivity index (χ3n) is 4.87. The third kappa shape index (κ3) is 7.76. The molecule has 0 spiro atoms. The van der Waals surface area contributed by atoms with Gasteiger partial charge < -0.3 is 5.32 Å². The summed E-state index contributed by atoms with van der Waals surface area (Å²) in [6.07, 6.45) is 5.37. The van der Waals surface area contributed by atoms with Gasteiger partial charge in [0, 0.05) is 16.6 Å². The molecule has 2 N–H and O–H groups in total. The fourth-order valence-electron chi connectivity index (χ4n) is 3.27. The van der Waals surface area contributed by atoms with Crippen LogP contribution in [0.15, 0.2) is 28.7 Å². The highest BCUT2D eigenvalue weighted by Gasteiger charge is 2.25. The quantitative estimate of drug-likeness (QED) is 0.644. The maximum Gasteiger partial charge on any atom is 0.236 e. The molecule has 1 amide bonds. The van der Waals surface area contributed by atoms with Crippen LogP contribution < -0.4 is 10.0 Å². The second kappa shape index (κ2) is 9.85. The summed E-state index contributed by atoms with van der Waals surface area (Å²) < 4.78 is 28.1. The first-order chi connectivity index (χ1) is 12.2. The molecule has 2 rings (SSSR count). The fourth-order valence-corrected chi connectivity index (χ4v) is 4.79. The first kappa shape index (κ1) is 21.4. The summed E-state index contributed by atoms with van der Waals surface area (Å²) in [6.45, 7) is 4.09. The molecule has 0 heterocycles. The van der Waals surface area contributed by atoms with Crippen LogP contribution >= 0.6 is 15.9 Å². The summed E-state index contributed by atoms with van der Waals surface area (Å²) in [5, 5.41) is 2.79. The molecule has 26 heavy (non-hydrogen) atoms. The number of hydrogen-bond acceptors (Lipinski definition) is 3. The van der Waals surface area contributed by atoms with Crippen molar-refractivity contribution in [3.63, 3.8) is 0 Å². The van der Waals surface area contributed by atoms with E-state index in [1.165, 1.54) is 5.56 Å². The Kier molecular flexibility index (Phi) is 8.10. The van der Waals surface area contributed by atoms with Crippen molar-refractivity contribution in [3.05, 3.63) is 34.3 Å². The minimum Gasteiger partial charge on any atom is -0.353 e. The normalized spacial score (nSPS) is 22.0. The molecule has 0 aliphatic heterocycles. The van der Waals surface area contributed by atoms with Crippen molar-refractivity contribution in [1.82, 2.24) is 10.0 Å². The lowest BCUT2D eigenvalue weighted by atomic mass is 9.88. The molecule has 1 unspecified atom stereocenters. The maximum absolute atomic E-state index is 12.2. The molecular weight excluding hydrogens is 416 g/mol. The van der Waals surface area contributed by atoms with Gasteiger partial charge in [-0.15, -0.1) is 0 Å². The number of rotatable bonds is 8. The zero-order chi connectivity index (χ0) is 19.2. The van der Waals surface area contributed by atoms with Crippen LogP contribution in [-0.4, -0.2) is 32.2 Å². The van der Waals surface area contributed by atoms with Gasteiger partial charge in [-0.25, -0.2) is 13.1 Å². The van der Waals surface area contributed by atoms with Crippen LogP contribution in [0, 0.1) is 5.92 Å². The van der Waals surface area contributed by atoms with Gasteiger partial charge in [-0.3, -0.25) is 4.79 Å². The molecule has 1 aliphatic carbocycles. The monoisotopic (exact) mass is 444 g/mol. The van der Waals surface area contributed by atoms with E-state index in [9.17, 15) is 13.2 Å². The van der Waals surface area contributed by atoms with Gasteiger partial charge in [0.15, 0.2) is 0 Å². The minimum atomic E-state index is -3.58. The molecule has 1 aromatic carbocycles. The van der Waals surface area contributed by atoms with Crippen LogP contribution in [-0.2, 0) is 21.2 Å². The van der Waals surface area contributed by atoms with Crippen LogP contribution in [0.2, 0.25) is 0 Å². The highest BCUT2D eigenvalue weighted by molar-refractivity contribution is 9.10. The second-order valence-corrected chi connectivity index (χ2v) is 10.1. The average molecular weight is 445 g/mol. The molecule has 1 atom stereocenters. The molecule has 1 saturated carbocycles. The second-order valence-electron chi connectivity index (χ2n) is 7.47. The number of benzene rings is 1.